The van der Waals surface area contributed by atoms with Crippen LogP contribution in [0.2, 0.25) is 0 Å². The molecule has 2 aromatic rings. The number of likely N-dealkylation sites (tertiary alicyclic amines) is 1. The number of piperidine rings is 1. The number of aromatic nitrogens is 1. The zero-order valence-corrected chi connectivity index (χ0v) is 15.9. The maximum atomic E-state index is 12.8. The van der Waals surface area contributed by atoms with Gasteiger partial charge in [0.05, 0.1) is 5.69 Å². The molecular formula is C21H21N3O5. The Hall–Kier alpha value is -3.55. The average Bonchev–Trinajstić information content (AvgIpc) is 2.70. The molecule has 8 heteroatoms. The summed E-state index contributed by atoms with van der Waals surface area (Å²) in [5.74, 6) is -4.71. The van der Waals surface area contributed by atoms with E-state index in [9.17, 15) is 19.2 Å². The van der Waals surface area contributed by atoms with E-state index >= 15 is 0 Å². The van der Waals surface area contributed by atoms with Crippen LogP contribution >= 0.6 is 0 Å². The summed E-state index contributed by atoms with van der Waals surface area (Å²) >= 11 is 0. The van der Waals surface area contributed by atoms with Crippen LogP contribution in [0.15, 0.2) is 48.7 Å². The van der Waals surface area contributed by atoms with E-state index in [0.29, 0.717) is 0 Å². The molecule has 2 N–H and O–H groups in total. The van der Waals surface area contributed by atoms with Crippen molar-refractivity contribution >= 4 is 23.6 Å². The van der Waals surface area contributed by atoms with Gasteiger partial charge in [-0.1, -0.05) is 30.3 Å². The third kappa shape index (κ3) is 4.66. The van der Waals surface area contributed by atoms with Crippen LogP contribution in [-0.2, 0) is 25.7 Å². The lowest BCUT2D eigenvalue weighted by Gasteiger charge is -2.36. The van der Waals surface area contributed by atoms with E-state index in [1.54, 1.807) is 13.1 Å². The van der Waals surface area contributed by atoms with Crippen molar-refractivity contribution in [2.24, 2.45) is 5.92 Å². The van der Waals surface area contributed by atoms with Crippen LogP contribution in [0.3, 0.4) is 0 Å². The lowest BCUT2D eigenvalue weighted by Crippen LogP contribution is -2.55. The fourth-order valence-corrected chi connectivity index (χ4v) is 3.31. The number of carboxylic acid groups (broad SMARTS) is 1. The number of carbonyl (C=O) groups is 4. The van der Waals surface area contributed by atoms with Gasteiger partial charge in [0.2, 0.25) is 11.8 Å². The Balaban J connectivity index is 1.73. The predicted molar refractivity (Wildman–Crippen MR) is 103 cm³/mol. The number of hydrogen-bond acceptors (Lipinski definition) is 5. The molecule has 0 aliphatic carbocycles. The van der Waals surface area contributed by atoms with Gasteiger partial charge in [0.15, 0.2) is 11.7 Å². The van der Waals surface area contributed by atoms with Crippen molar-refractivity contribution in [2.45, 2.75) is 25.9 Å². The summed E-state index contributed by atoms with van der Waals surface area (Å²) < 4.78 is 0. The van der Waals surface area contributed by atoms with Gasteiger partial charge in [-0.15, -0.1) is 0 Å². The number of carbonyl (C=O) groups excluding carboxylic acids is 3. The minimum absolute atomic E-state index is 0.0446. The van der Waals surface area contributed by atoms with Crippen LogP contribution in [-0.4, -0.2) is 51.1 Å². The van der Waals surface area contributed by atoms with Crippen LogP contribution in [0.4, 0.5) is 0 Å². The molecule has 3 rings (SSSR count). The van der Waals surface area contributed by atoms with Gasteiger partial charge in [-0.05, 0) is 24.6 Å². The molecule has 8 nitrogen and oxygen atoms in total. The Morgan fingerprint density at radius 1 is 1.17 bits per heavy atom. The summed E-state index contributed by atoms with van der Waals surface area (Å²) in [4.78, 5) is 53.7. The van der Waals surface area contributed by atoms with Crippen molar-refractivity contribution in [3.63, 3.8) is 0 Å². The number of rotatable bonds is 6. The standard InChI is InChI=1S/C21H21N3O5/c1-13-10-17(25)19(20(28)23-11-18(26)27)21(29)24(13)12-14-5-7-15(8-6-14)16-4-2-3-9-22-16/h2-9,13,19H,10-12H2,1H3,(H,23,28)(H,26,27). The maximum absolute atomic E-state index is 12.8. The van der Waals surface area contributed by atoms with Crippen molar-refractivity contribution in [2.75, 3.05) is 6.54 Å². The highest BCUT2D eigenvalue weighted by Gasteiger charge is 2.43. The number of aliphatic carboxylic acids is 1. The SMILES string of the molecule is CC1CC(=O)C(C(=O)NCC(=O)O)C(=O)N1Cc1ccc(-c2ccccn2)cc1. The van der Waals surface area contributed by atoms with Crippen LogP contribution < -0.4 is 5.32 Å². The zero-order chi connectivity index (χ0) is 21.0. The van der Waals surface area contributed by atoms with Crippen LogP contribution in [0.25, 0.3) is 11.3 Å². The summed E-state index contributed by atoms with van der Waals surface area (Å²) in [6, 6.07) is 12.8. The fourth-order valence-electron chi connectivity index (χ4n) is 3.31. The quantitative estimate of drug-likeness (QED) is 0.711. The van der Waals surface area contributed by atoms with Gasteiger partial charge in [-0.2, -0.15) is 0 Å². The van der Waals surface area contributed by atoms with E-state index < -0.39 is 36.0 Å². The largest absolute Gasteiger partial charge is 0.480 e. The van der Waals surface area contributed by atoms with Gasteiger partial charge in [0, 0.05) is 30.8 Å². The molecule has 0 radical (unpaired) electrons. The van der Waals surface area contributed by atoms with Crippen molar-refractivity contribution in [1.82, 2.24) is 15.2 Å². The lowest BCUT2D eigenvalue weighted by molar-refractivity contribution is -0.154. The summed E-state index contributed by atoms with van der Waals surface area (Å²) in [6.07, 6.45) is 1.76. The summed E-state index contributed by atoms with van der Waals surface area (Å²) in [7, 11) is 0. The molecule has 29 heavy (non-hydrogen) atoms. The Kier molecular flexibility index (Phi) is 6.01. The van der Waals surface area contributed by atoms with Crippen molar-refractivity contribution in [3.05, 3.63) is 54.2 Å². The van der Waals surface area contributed by atoms with Crippen LogP contribution in [0.5, 0.6) is 0 Å². The molecular weight excluding hydrogens is 374 g/mol. The van der Waals surface area contributed by atoms with Crippen molar-refractivity contribution in [1.29, 1.82) is 0 Å². The molecule has 1 saturated heterocycles. The van der Waals surface area contributed by atoms with Crippen molar-refractivity contribution < 1.29 is 24.3 Å². The molecule has 1 aliphatic rings. The van der Waals surface area contributed by atoms with Crippen molar-refractivity contribution in [3.8, 4) is 11.3 Å². The highest BCUT2D eigenvalue weighted by atomic mass is 16.4. The van der Waals surface area contributed by atoms with Crippen LogP contribution in [0.1, 0.15) is 18.9 Å². The van der Waals surface area contributed by atoms with Gasteiger partial charge in [0.25, 0.3) is 0 Å². The van der Waals surface area contributed by atoms with E-state index in [4.69, 9.17) is 5.11 Å². The normalized spacial score (nSPS) is 19.1. The number of ketones is 1. The van der Waals surface area contributed by atoms with E-state index in [1.807, 2.05) is 42.5 Å². The molecule has 2 atom stereocenters. The number of amides is 2. The third-order valence-electron chi connectivity index (χ3n) is 4.82. The first-order valence-electron chi connectivity index (χ1n) is 9.20. The average molecular weight is 395 g/mol. The number of benzene rings is 1. The highest BCUT2D eigenvalue weighted by Crippen LogP contribution is 2.24. The van der Waals surface area contributed by atoms with Gasteiger partial charge < -0.3 is 15.3 Å². The monoisotopic (exact) mass is 395 g/mol. The number of nitrogens with zero attached hydrogens (tertiary/aromatic N) is 2. The Morgan fingerprint density at radius 2 is 1.90 bits per heavy atom. The lowest BCUT2D eigenvalue weighted by atomic mass is 9.90. The molecule has 150 valence electrons. The second kappa shape index (κ2) is 8.64. The molecule has 2 unspecified atom stereocenters. The second-order valence-electron chi connectivity index (χ2n) is 6.94. The zero-order valence-electron chi connectivity index (χ0n) is 15.9. The first kappa shape index (κ1) is 20.2. The third-order valence-corrected chi connectivity index (χ3v) is 4.82. The molecule has 1 aromatic carbocycles. The molecule has 0 spiro atoms. The summed E-state index contributed by atoms with van der Waals surface area (Å²) in [5, 5.41) is 10.8. The molecule has 1 aliphatic heterocycles. The molecule has 0 saturated carbocycles. The molecule has 1 aromatic heterocycles. The molecule has 2 amide bonds. The topological polar surface area (TPSA) is 117 Å². The number of carboxylic acids is 1. The van der Waals surface area contributed by atoms with Gasteiger partial charge in [-0.3, -0.25) is 24.2 Å². The minimum Gasteiger partial charge on any atom is -0.480 e. The van der Waals surface area contributed by atoms with E-state index in [2.05, 4.69) is 10.3 Å². The summed E-state index contributed by atoms with van der Waals surface area (Å²) in [6.45, 7) is 1.36. The van der Waals surface area contributed by atoms with E-state index in [-0.39, 0.29) is 19.0 Å². The molecule has 1 fully saturated rings. The van der Waals surface area contributed by atoms with Gasteiger partial charge in [-0.25, -0.2) is 0 Å². The second-order valence-corrected chi connectivity index (χ2v) is 6.94. The number of Topliss-reactive ketones (excluding diaryl/α,β-unsaturated/α-hetero) is 1. The molecule has 0 bridgehead atoms. The number of hydrogen-bond donors (Lipinski definition) is 2. The fraction of sp³-hybridized carbons (Fsp3) is 0.286. The maximum Gasteiger partial charge on any atom is 0.322 e. The summed E-state index contributed by atoms with van der Waals surface area (Å²) in [5.41, 5.74) is 2.62. The minimum atomic E-state index is -1.50. The van der Waals surface area contributed by atoms with E-state index in [1.165, 1.54) is 4.90 Å². The highest BCUT2D eigenvalue weighted by molar-refractivity contribution is 6.19. The molecule has 2 heterocycles. The van der Waals surface area contributed by atoms with E-state index in [0.717, 1.165) is 16.8 Å². The van der Waals surface area contributed by atoms with Gasteiger partial charge in [0.1, 0.15) is 6.54 Å². The first-order chi connectivity index (χ1) is 13.9. The predicted octanol–water partition coefficient (Wildman–Crippen LogP) is 1.26. The van der Waals surface area contributed by atoms with Crippen LogP contribution in [0, 0.1) is 5.92 Å². The Bertz CT molecular complexity index is 927. The Labute approximate surface area is 167 Å². The Morgan fingerprint density at radius 3 is 2.52 bits per heavy atom. The van der Waals surface area contributed by atoms with Gasteiger partial charge >= 0.3 is 5.97 Å². The number of pyridine rings is 1. The smallest absolute Gasteiger partial charge is 0.322 e. The number of nitrogens with one attached hydrogen (secondary N) is 1. The first-order valence-corrected chi connectivity index (χ1v) is 9.20.